The van der Waals surface area contributed by atoms with Gasteiger partial charge in [0, 0.05) is 11.8 Å². The fourth-order valence-corrected chi connectivity index (χ4v) is 2.48. The summed E-state index contributed by atoms with van der Waals surface area (Å²) in [6, 6.07) is 10.5. The second-order valence-corrected chi connectivity index (χ2v) is 5.60. The normalized spacial score (nSPS) is 11.5. The monoisotopic (exact) mass is 366 g/mol. The van der Waals surface area contributed by atoms with E-state index in [0.29, 0.717) is 5.69 Å². The molecule has 0 atom stereocenters. The summed E-state index contributed by atoms with van der Waals surface area (Å²) < 4.78 is 40.0. The first kappa shape index (κ1) is 17.0. The van der Waals surface area contributed by atoms with Crippen molar-refractivity contribution in [2.45, 2.75) is 6.18 Å². The van der Waals surface area contributed by atoms with Gasteiger partial charge in [-0.3, -0.25) is 0 Å². The number of hydrogen-bond acceptors (Lipinski definition) is 2. The molecule has 0 amide bonds. The van der Waals surface area contributed by atoms with Crippen LogP contribution in [0.2, 0.25) is 5.02 Å². The molecular formula is C17H10ClF3N2O2. The van der Waals surface area contributed by atoms with E-state index in [-0.39, 0.29) is 21.8 Å². The van der Waals surface area contributed by atoms with Gasteiger partial charge in [-0.1, -0.05) is 11.6 Å². The van der Waals surface area contributed by atoms with Crippen molar-refractivity contribution in [1.29, 1.82) is 0 Å². The van der Waals surface area contributed by atoms with Gasteiger partial charge in [0.25, 0.3) is 0 Å². The molecule has 0 bridgehead atoms. The minimum absolute atomic E-state index is 0.122. The van der Waals surface area contributed by atoms with Crippen LogP contribution in [0.5, 0.6) is 0 Å². The number of carbonyl (C=O) groups is 1. The van der Waals surface area contributed by atoms with Crippen LogP contribution in [0.15, 0.2) is 54.7 Å². The predicted octanol–water partition coefficient (Wildman–Crippen LogP) is 4.91. The first-order valence-electron chi connectivity index (χ1n) is 7.02. The molecule has 1 N–H and O–H groups in total. The van der Waals surface area contributed by atoms with Gasteiger partial charge < -0.3 is 5.11 Å². The average molecular weight is 367 g/mol. The molecule has 3 rings (SSSR count). The number of hydrogen-bond donors (Lipinski definition) is 1. The Hall–Kier alpha value is -2.80. The SMILES string of the molecule is O=C(O)c1ccc(-n2ccc(-c3cc(C(F)(F)F)ccc3Cl)n2)cc1. The Bertz CT molecular complexity index is 934. The molecule has 25 heavy (non-hydrogen) atoms. The van der Waals surface area contributed by atoms with E-state index in [4.69, 9.17) is 16.7 Å². The van der Waals surface area contributed by atoms with Crippen molar-refractivity contribution in [2.75, 3.05) is 0 Å². The standard InChI is InChI=1S/C17H10ClF3N2O2/c18-14-6-3-11(17(19,20)21)9-13(14)15-7-8-23(22-15)12-4-1-10(2-5-12)16(24)25/h1-9H,(H,24,25). The third-order valence-corrected chi connectivity index (χ3v) is 3.87. The molecule has 0 unspecified atom stereocenters. The number of carboxylic acids is 1. The largest absolute Gasteiger partial charge is 0.478 e. The zero-order chi connectivity index (χ0) is 18.2. The highest BCUT2D eigenvalue weighted by Gasteiger charge is 2.31. The van der Waals surface area contributed by atoms with Crippen molar-refractivity contribution >= 4 is 17.6 Å². The highest BCUT2D eigenvalue weighted by Crippen LogP contribution is 2.35. The lowest BCUT2D eigenvalue weighted by atomic mass is 10.1. The molecule has 0 saturated carbocycles. The number of halogens is 4. The Morgan fingerprint density at radius 3 is 2.36 bits per heavy atom. The molecule has 2 aromatic carbocycles. The fraction of sp³-hybridized carbons (Fsp3) is 0.0588. The Kier molecular flexibility index (Phi) is 4.26. The molecule has 0 aliphatic rings. The van der Waals surface area contributed by atoms with Gasteiger partial charge in [-0.25, -0.2) is 9.48 Å². The molecule has 1 aromatic heterocycles. The molecule has 0 fully saturated rings. The molecule has 0 aliphatic carbocycles. The maximum atomic E-state index is 12.9. The fourth-order valence-electron chi connectivity index (χ4n) is 2.27. The number of aromatic carboxylic acids is 1. The molecule has 0 saturated heterocycles. The van der Waals surface area contributed by atoms with E-state index in [1.807, 2.05) is 0 Å². The summed E-state index contributed by atoms with van der Waals surface area (Å²) in [5.74, 6) is -1.05. The Morgan fingerprint density at radius 2 is 1.76 bits per heavy atom. The van der Waals surface area contributed by atoms with Crippen molar-refractivity contribution in [3.63, 3.8) is 0 Å². The van der Waals surface area contributed by atoms with Gasteiger partial charge in [-0.15, -0.1) is 0 Å². The average Bonchev–Trinajstić information content (AvgIpc) is 3.04. The zero-order valence-corrected chi connectivity index (χ0v) is 13.2. The Morgan fingerprint density at radius 1 is 1.08 bits per heavy atom. The van der Waals surface area contributed by atoms with Crippen LogP contribution in [0.1, 0.15) is 15.9 Å². The van der Waals surface area contributed by atoms with Crippen LogP contribution >= 0.6 is 11.6 Å². The highest BCUT2D eigenvalue weighted by atomic mass is 35.5. The van der Waals surface area contributed by atoms with E-state index < -0.39 is 17.7 Å². The van der Waals surface area contributed by atoms with E-state index in [2.05, 4.69) is 5.10 Å². The minimum atomic E-state index is -4.48. The van der Waals surface area contributed by atoms with Crippen molar-refractivity contribution < 1.29 is 23.1 Å². The van der Waals surface area contributed by atoms with Crippen LogP contribution in [0, 0.1) is 0 Å². The second kappa shape index (κ2) is 6.25. The summed E-state index contributed by atoms with van der Waals surface area (Å²) in [6.07, 6.45) is -2.92. The highest BCUT2D eigenvalue weighted by molar-refractivity contribution is 6.33. The molecule has 128 valence electrons. The van der Waals surface area contributed by atoms with Gasteiger partial charge in [-0.05, 0) is 48.5 Å². The molecule has 8 heteroatoms. The first-order chi connectivity index (χ1) is 11.8. The smallest absolute Gasteiger partial charge is 0.416 e. The van der Waals surface area contributed by atoms with Crippen LogP contribution in [0.4, 0.5) is 13.2 Å². The maximum absolute atomic E-state index is 12.9. The van der Waals surface area contributed by atoms with Crippen molar-refractivity contribution in [2.24, 2.45) is 0 Å². The van der Waals surface area contributed by atoms with Crippen LogP contribution in [-0.2, 0) is 6.18 Å². The first-order valence-corrected chi connectivity index (χ1v) is 7.40. The van der Waals surface area contributed by atoms with E-state index in [9.17, 15) is 18.0 Å². The van der Waals surface area contributed by atoms with Crippen LogP contribution in [0.3, 0.4) is 0 Å². The number of alkyl halides is 3. The van der Waals surface area contributed by atoms with Gasteiger partial charge in [0.05, 0.1) is 27.5 Å². The van der Waals surface area contributed by atoms with Gasteiger partial charge >= 0.3 is 12.1 Å². The van der Waals surface area contributed by atoms with E-state index >= 15 is 0 Å². The summed E-state index contributed by atoms with van der Waals surface area (Å²) in [5.41, 5.74) is 0.319. The third-order valence-electron chi connectivity index (χ3n) is 3.54. The lowest BCUT2D eigenvalue weighted by Crippen LogP contribution is -2.05. The molecule has 4 nitrogen and oxygen atoms in total. The number of carboxylic acid groups (broad SMARTS) is 1. The lowest BCUT2D eigenvalue weighted by molar-refractivity contribution is -0.137. The van der Waals surface area contributed by atoms with Crippen LogP contribution in [0.25, 0.3) is 16.9 Å². The van der Waals surface area contributed by atoms with Crippen molar-refractivity contribution in [3.8, 4) is 16.9 Å². The van der Waals surface area contributed by atoms with E-state index in [1.54, 1.807) is 18.3 Å². The van der Waals surface area contributed by atoms with Crippen LogP contribution in [-0.4, -0.2) is 20.9 Å². The summed E-state index contributed by atoms with van der Waals surface area (Å²) in [6.45, 7) is 0. The molecule has 3 aromatic rings. The zero-order valence-electron chi connectivity index (χ0n) is 12.5. The summed E-state index contributed by atoms with van der Waals surface area (Å²) in [5, 5.41) is 13.3. The van der Waals surface area contributed by atoms with Gasteiger partial charge in [0.1, 0.15) is 0 Å². The maximum Gasteiger partial charge on any atom is 0.416 e. The van der Waals surface area contributed by atoms with Crippen molar-refractivity contribution in [1.82, 2.24) is 9.78 Å². The van der Waals surface area contributed by atoms with Crippen molar-refractivity contribution in [3.05, 3.63) is 70.9 Å². The topological polar surface area (TPSA) is 55.1 Å². The Balaban J connectivity index is 1.97. The Labute approximate surface area is 145 Å². The second-order valence-electron chi connectivity index (χ2n) is 5.19. The van der Waals surface area contributed by atoms with Crippen LogP contribution < -0.4 is 0 Å². The molecule has 1 heterocycles. The summed E-state index contributed by atoms with van der Waals surface area (Å²) in [7, 11) is 0. The molecule has 0 radical (unpaired) electrons. The molecular weight excluding hydrogens is 357 g/mol. The minimum Gasteiger partial charge on any atom is -0.478 e. The molecule has 0 spiro atoms. The summed E-state index contributed by atoms with van der Waals surface area (Å²) >= 11 is 6.01. The number of rotatable bonds is 3. The van der Waals surface area contributed by atoms with E-state index in [0.717, 1.165) is 12.1 Å². The number of benzene rings is 2. The third kappa shape index (κ3) is 3.51. The lowest BCUT2D eigenvalue weighted by Gasteiger charge is -2.09. The van der Waals surface area contributed by atoms with Gasteiger partial charge in [0.15, 0.2) is 0 Å². The predicted molar refractivity (Wildman–Crippen MR) is 86.0 cm³/mol. The van der Waals surface area contributed by atoms with Gasteiger partial charge in [-0.2, -0.15) is 18.3 Å². The summed E-state index contributed by atoms with van der Waals surface area (Å²) in [4.78, 5) is 10.9. The molecule has 0 aliphatic heterocycles. The quantitative estimate of drug-likeness (QED) is 0.716. The number of nitrogens with zero attached hydrogens (tertiary/aromatic N) is 2. The van der Waals surface area contributed by atoms with Gasteiger partial charge in [0.2, 0.25) is 0 Å². The van der Waals surface area contributed by atoms with E-state index in [1.165, 1.54) is 28.9 Å². The number of aromatic nitrogens is 2.